The number of nitrogens with zero attached hydrogens (tertiary/aromatic N) is 2. The molecule has 0 atom stereocenters. The smallest absolute Gasteiger partial charge is 0.277 e. The van der Waals surface area contributed by atoms with Gasteiger partial charge in [0.2, 0.25) is 0 Å². The van der Waals surface area contributed by atoms with Crippen LogP contribution >= 0.6 is 0 Å². The lowest BCUT2D eigenvalue weighted by molar-refractivity contribution is -0.138. The van der Waals surface area contributed by atoms with Crippen molar-refractivity contribution in [2.24, 2.45) is 0 Å². The lowest BCUT2D eigenvalue weighted by atomic mass is 10.0. The maximum atomic E-state index is 13.4. The van der Waals surface area contributed by atoms with Gasteiger partial charge in [0.05, 0.1) is 44.1 Å². The lowest BCUT2D eigenvalue weighted by Crippen LogP contribution is -2.39. The number of methoxy groups -OCH3 is 2. The average molecular weight is 449 g/mol. The van der Waals surface area contributed by atoms with Crippen LogP contribution in [0.5, 0.6) is 5.75 Å². The highest BCUT2D eigenvalue weighted by Gasteiger charge is 2.41. The molecule has 1 aromatic carbocycles. The van der Waals surface area contributed by atoms with Gasteiger partial charge in [-0.05, 0) is 45.4 Å². The highest BCUT2D eigenvalue weighted by atomic mass is 16.5. The number of benzene rings is 1. The molecule has 0 bridgehead atoms. The standard InChI is InChI=1S/C24H36N2O6/c1-17(2)31-16-13-26-23(27)21(19-7-9-20(10-8-19)32-18(3)4)22(24(26)28)25(11-14-29-5)12-15-30-6/h7-10,17-18H,11-16H2,1-6H3. The molecule has 0 saturated heterocycles. The summed E-state index contributed by atoms with van der Waals surface area (Å²) in [5.41, 5.74) is 1.41. The molecule has 178 valence electrons. The van der Waals surface area contributed by atoms with Gasteiger partial charge in [-0.2, -0.15) is 0 Å². The highest BCUT2D eigenvalue weighted by molar-refractivity contribution is 6.35. The van der Waals surface area contributed by atoms with Crippen molar-refractivity contribution in [3.05, 3.63) is 35.5 Å². The van der Waals surface area contributed by atoms with E-state index < -0.39 is 0 Å². The molecule has 1 aliphatic heterocycles. The molecule has 0 aromatic heterocycles. The third-order valence-corrected chi connectivity index (χ3v) is 4.87. The summed E-state index contributed by atoms with van der Waals surface area (Å²) < 4.78 is 21.8. The Labute approximate surface area is 191 Å². The quantitative estimate of drug-likeness (QED) is 0.405. The van der Waals surface area contributed by atoms with Crippen molar-refractivity contribution in [3.63, 3.8) is 0 Å². The van der Waals surface area contributed by atoms with E-state index in [1.54, 1.807) is 14.2 Å². The molecule has 0 spiro atoms. The van der Waals surface area contributed by atoms with Crippen LogP contribution in [0.15, 0.2) is 30.0 Å². The van der Waals surface area contributed by atoms with E-state index in [2.05, 4.69) is 0 Å². The summed E-state index contributed by atoms with van der Waals surface area (Å²) in [6.45, 7) is 9.97. The molecule has 0 unspecified atom stereocenters. The van der Waals surface area contributed by atoms with Gasteiger partial charge < -0.3 is 23.8 Å². The van der Waals surface area contributed by atoms with E-state index in [0.29, 0.717) is 48.9 Å². The van der Waals surface area contributed by atoms with Gasteiger partial charge in [-0.3, -0.25) is 14.5 Å². The molecule has 0 aliphatic carbocycles. The van der Waals surface area contributed by atoms with Crippen molar-refractivity contribution < 1.29 is 28.5 Å². The average Bonchev–Trinajstić information content (AvgIpc) is 2.98. The third kappa shape index (κ3) is 6.79. The fourth-order valence-corrected chi connectivity index (χ4v) is 3.41. The molecule has 0 N–H and O–H groups in total. The van der Waals surface area contributed by atoms with Crippen LogP contribution in [-0.2, 0) is 23.8 Å². The normalized spacial score (nSPS) is 14.3. The van der Waals surface area contributed by atoms with Gasteiger partial charge in [0.1, 0.15) is 11.4 Å². The Morgan fingerprint density at radius 3 is 1.94 bits per heavy atom. The summed E-state index contributed by atoms with van der Waals surface area (Å²) in [5.74, 6) is 0.0577. The Hall–Kier alpha value is -2.42. The van der Waals surface area contributed by atoms with Crippen LogP contribution in [0.3, 0.4) is 0 Å². The van der Waals surface area contributed by atoms with E-state index in [-0.39, 0.29) is 37.2 Å². The lowest BCUT2D eigenvalue weighted by Gasteiger charge is -2.25. The number of carbonyl (C=O) groups excluding carboxylic acids is 2. The van der Waals surface area contributed by atoms with Crippen LogP contribution in [0.25, 0.3) is 5.57 Å². The Morgan fingerprint density at radius 2 is 1.44 bits per heavy atom. The Morgan fingerprint density at radius 1 is 0.844 bits per heavy atom. The fraction of sp³-hybridized carbons (Fsp3) is 0.583. The van der Waals surface area contributed by atoms with Crippen LogP contribution < -0.4 is 4.74 Å². The summed E-state index contributed by atoms with van der Waals surface area (Å²) in [6.07, 6.45) is 0.0588. The monoisotopic (exact) mass is 448 g/mol. The molecular weight excluding hydrogens is 412 g/mol. The highest BCUT2D eigenvalue weighted by Crippen LogP contribution is 2.32. The van der Waals surface area contributed by atoms with E-state index >= 15 is 0 Å². The van der Waals surface area contributed by atoms with Gasteiger partial charge in [0.15, 0.2) is 0 Å². The maximum absolute atomic E-state index is 13.4. The first kappa shape index (κ1) is 25.8. The molecule has 1 heterocycles. The SMILES string of the molecule is COCCN(CCOC)C1=C(c2ccc(OC(C)C)cc2)C(=O)N(CCOC(C)C)C1=O. The van der Waals surface area contributed by atoms with Crippen molar-refractivity contribution in [1.82, 2.24) is 9.80 Å². The first-order valence-electron chi connectivity index (χ1n) is 11.0. The van der Waals surface area contributed by atoms with Gasteiger partial charge in [0, 0.05) is 27.3 Å². The predicted molar refractivity (Wildman–Crippen MR) is 122 cm³/mol. The van der Waals surface area contributed by atoms with Gasteiger partial charge in [0.25, 0.3) is 11.8 Å². The number of amides is 2. The van der Waals surface area contributed by atoms with Gasteiger partial charge in [-0.15, -0.1) is 0 Å². The first-order valence-corrected chi connectivity index (χ1v) is 11.0. The summed E-state index contributed by atoms with van der Waals surface area (Å²) in [6, 6.07) is 7.27. The van der Waals surface area contributed by atoms with Crippen molar-refractivity contribution in [1.29, 1.82) is 0 Å². The summed E-state index contributed by atoms with van der Waals surface area (Å²) >= 11 is 0. The largest absolute Gasteiger partial charge is 0.491 e. The number of rotatable bonds is 14. The zero-order chi connectivity index (χ0) is 23.7. The van der Waals surface area contributed by atoms with Crippen LogP contribution in [-0.4, -0.2) is 87.5 Å². The first-order chi connectivity index (χ1) is 15.3. The predicted octanol–water partition coefficient (Wildman–Crippen LogP) is 2.57. The van der Waals surface area contributed by atoms with Crippen molar-refractivity contribution >= 4 is 17.4 Å². The zero-order valence-corrected chi connectivity index (χ0v) is 20.1. The van der Waals surface area contributed by atoms with E-state index in [0.717, 1.165) is 0 Å². The number of hydrogen-bond acceptors (Lipinski definition) is 7. The van der Waals surface area contributed by atoms with Crippen molar-refractivity contribution in [2.45, 2.75) is 39.9 Å². The number of ether oxygens (including phenoxy) is 4. The van der Waals surface area contributed by atoms with Crippen molar-refractivity contribution in [2.75, 3.05) is 53.7 Å². The molecule has 8 nitrogen and oxygen atoms in total. The molecular formula is C24H36N2O6. The Balaban J connectivity index is 2.43. The Kier molecular flexibility index (Phi) is 10.2. The van der Waals surface area contributed by atoms with Crippen LogP contribution in [0.1, 0.15) is 33.3 Å². The topological polar surface area (TPSA) is 77.5 Å². The number of hydrogen-bond donors (Lipinski definition) is 0. The van der Waals surface area contributed by atoms with Crippen molar-refractivity contribution in [3.8, 4) is 5.75 Å². The minimum atomic E-state index is -0.327. The number of carbonyl (C=O) groups is 2. The van der Waals surface area contributed by atoms with E-state index in [1.165, 1.54) is 4.90 Å². The van der Waals surface area contributed by atoms with E-state index in [1.807, 2.05) is 56.9 Å². The minimum Gasteiger partial charge on any atom is -0.491 e. The van der Waals surface area contributed by atoms with Crippen LogP contribution in [0.4, 0.5) is 0 Å². The molecule has 2 amide bonds. The maximum Gasteiger partial charge on any atom is 0.277 e. The van der Waals surface area contributed by atoms with Crippen LogP contribution in [0, 0.1) is 0 Å². The molecule has 32 heavy (non-hydrogen) atoms. The molecule has 8 heteroatoms. The Bertz CT molecular complexity index is 780. The molecule has 2 rings (SSSR count). The summed E-state index contributed by atoms with van der Waals surface area (Å²) in [7, 11) is 3.21. The summed E-state index contributed by atoms with van der Waals surface area (Å²) in [4.78, 5) is 29.9. The molecule has 1 aliphatic rings. The third-order valence-electron chi connectivity index (χ3n) is 4.87. The molecule has 0 saturated carbocycles. The molecule has 0 radical (unpaired) electrons. The van der Waals surface area contributed by atoms with E-state index in [9.17, 15) is 9.59 Å². The molecule has 1 aromatic rings. The second-order valence-electron chi connectivity index (χ2n) is 8.07. The van der Waals surface area contributed by atoms with Gasteiger partial charge >= 0.3 is 0 Å². The second kappa shape index (κ2) is 12.6. The number of imide groups is 1. The zero-order valence-electron chi connectivity index (χ0n) is 20.1. The van der Waals surface area contributed by atoms with Gasteiger partial charge in [-0.1, -0.05) is 12.1 Å². The fourth-order valence-electron chi connectivity index (χ4n) is 3.41. The summed E-state index contributed by atoms with van der Waals surface area (Å²) in [5, 5.41) is 0. The molecule has 0 fully saturated rings. The van der Waals surface area contributed by atoms with Gasteiger partial charge in [-0.25, -0.2) is 0 Å². The second-order valence-corrected chi connectivity index (χ2v) is 8.07. The van der Waals surface area contributed by atoms with E-state index in [4.69, 9.17) is 18.9 Å². The minimum absolute atomic E-state index is 0.0168. The van der Waals surface area contributed by atoms with Crippen LogP contribution in [0.2, 0.25) is 0 Å².